The Labute approximate surface area is 121 Å². The van der Waals surface area contributed by atoms with E-state index < -0.39 is 11.1 Å². The van der Waals surface area contributed by atoms with Gasteiger partial charge in [-0.2, -0.15) is 0 Å². The summed E-state index contributed by atoms with van der Waals surface area (Å²) in [6.45, 7) is 8.95. The van der Waals surface area contributed by atoms with E-state index >= 15 is 0 Å². The number of carbonyl (C=O) groups excluding carboxylic acids is 2. The number of nitrogens with zero attached hydrogens (tertiary/aromatic N) is 1. The zero-order valence-electron chi connectivity index (χ0n) is 13.0. The van der Waals surface area contributed by atoms with Crippen molar-refractivity contribution in [2.45, 2.75) is 70.5 Å². The smallest absolute Gasteiger partial charge is 0.249 e. The molecule has 5 nitrogen and oxygen atoms in total. The van der Waals surface area contributed by atoms with Crippen molar-refractivity contribution in [2.24, 2.45) is 0 Å². The highest BCUT2D eigenvalue weighted by atomic mass is 16.5. The maximum atomic E-state index is 13.1. The van der Waals surface area contributed by atoms with Gasteiger partial charge in [-0.25, -0.2) is 0 Å². The van der Waals surface area contributed by atoms with Gasteiger partial charge in [0.1, 0.15) is 11.1 Å². The van der Waals surface area contributed by atoms with Crippen molar-refractivity contribution < 1.29 is 14.3 Å². The molecule has 1 N–H and O–H groups in total. The van der Waals surface area contributed by atoms with Gasteiger partial charge in [-0.1, -0.05) is 20.8 Å². The topological polar surface area (TPSA) is 58.6 Å². The highest BCUT2D eigenvalue weighted by molar-refractivity contribution is 6.02. The molecular formula is C15H26N2O3. The monoisotopic (exact) mass is 282 g/mol. The third kappa shape index (κ3) is 2.03. The van der Waals surface area contributed by atoms with E-state index in [4.69, 9.17) is 4.74 Å². The van der Waals surface area contributed by atoms with E-state index in [-0.39, 0.29) is 17.9 Å². The molecule has 2 saturated heterocycles. The lowest BCUT2D eigenvalue weighted by molar-refractivity contribution is -0.166. The van der Waals surface area contributed by atoms with Crippen LogP contribution in [0.2, 0.25) is 0 Å². The summed E-state index contributed by atoms with van der Waals surface area (Å²) in [6, 6.07) is 0.0241. The van der Waals surface area contributed by atoms with Gasteiger partial charge >= 0.3 is 0 Å². The van der Waals surface area contributed by atoms with Gasteiger partial charge in [-0.05, 0) is 32.6 Å². The van der Waals surface area contributed by atoms with Crippen molar-refractivity contribution in [3.8, 4) is 0 Å². The number of hydrogen-bond donors (Lipinski definition) is 1. The molecule has 20 heavy (non-hydrogen) atoms. The predicted molar refractivity (Wildman–Crippen MR) is 76.2 cm³/mol. The zero-order valence-corrected chi connectivity index (χ0v) is 13.0. The van der Waals surface area contributed by atoms with Crippen molar-refractivity contribution in [2.75, 3.05) is 13.2 Å². The fourth-order valence-corrected chi connectivity index (χ4v) is 3.32. The Morgan fingerprint density at radius 2 is 1.90 bits per heavy atom. The predicted octanol–water partition coefficient (Wildman–Crippen LogP) is 1.46. The average Bonchev–Trinajstić information content (AvgIpc) is 2.97. The Bertz CT molecular complexity index is 400. The highest BCUT2D eigenvalue weighted by Gasteiger charge is 2.56. The molecule has 5 heteroatoms. The van der Waals surface area contributed by atoms with Crippen LogP contribution in [-0.4, -0.2) is 47.0 Å². The average molecular weight is 282 g/mol. The van der Waals surface area contributed by atoms with Crippen molar-refractivity contribution >= 4 is 11.8 Å². The summed E-state index contributed by atoms with van der Waals surface area (Å²) in [5, 5.41) is 3.00. The molecule has 114 valence electrons. The molecule has 0 aromatic carbocycles. The van der Waals surface area contributed by atoms with Gasteiger partial charge in [0.05, 0.1) is 12.6 Å². The van der Waals surface area contributed by atoms with Crippen molar-refractivity contribution in [3.05, 3.63) is 0 Å². The molecule has 2 heterocycles. The second-order valence-electron chi connectivity index (χ2n) is 6.06. The fraction of sp³-hybridized carbons (Fsp3) is 0.867. The third-order valence-corrected chi connectivity index (χ3v) is 5.17. The van der Waals surface area contributed by atoms with Gasteiger partial charge in [0, 0.05) is 6.61 Å². The summed E-state index contributed by atoms with van der Waals surface area (Å²) in [7, 11) is 0. The van der Waals surface area contributed by atoms with Crippen LogP contribution in [0.15, 0.2) is 0 Å². The Morgan fingerprint density at radius 1 is 1.25 bits per heavy atom. The number of ether oxygens (including phenoxy) is 1. The largest absolute Gasteiger partial charge is 0.379 e. The Hall–Kier alpha value is -1.10. The molecule has 2 rings (SSSR count). The van der Waals surface area contributed by atoms with Gasteiger partial charge in [0.15, 0.2) is 0 Å². The van der Waals surface area contributed by atoms with Crippen LogP contribution in [-0.2, 0) is 14.3 Å². The molecule has 0 aliphatic carbocycles. The Balaban J connectivity index is 2.43. The van der Waals surface area contributed by atoms with Crippen molar-refractivity contribution in [1.82, 2.24) is 10.2 Å². The zero-order chi connectivity index (χ0) is 15.0. The van der Waals surface area contributed by atoms with E-state index in [1.54, 1.807) is 0 Å². The molecule has 2 aliphatic rings. The van der Waals surface area contributed by atoms with Crippen LogP contribution in [0.25, 0.3) is 0 Å². The molecule has 2 atom stereocenters. The summed E-state index contributed by atoms with van der Waals surface area (Å²) in [5.41, 5.74) is -1.50. The van der Waals surface area contributed by atoms with Crippen molar-refractivity contribution in [1.29, 1.82) is 0 Å². The number of nitrogens with one attached hydrogen (secondary N) is 1. The molecule has 0 bridgehead atoms. The quantitative estimate of drug-likeness (QED) is 0.849. The molecule has 0 radical (unpaired) electrons. The van der Waals surface area contributed by atoms with E-state index in [0.717, 1.165) is 6.42 Å². The standard InChI is InChI=1S/C15H26N2O3/c1-5-14(4)12(18)16-15(6-2,7-3)13(19)17(14)11-8-9-20-10-11/h11H,5-10H2,1-4H3,(H,16,18). The first-order valence-corrected chi connectivity index (χ1v) is 7.69. The molecule has 2 fully saturated rings. The van der Waals surface area contributed by atoms with Gasteiger partial charge in [-0.15, -0.1) is 0 Å². The van der Waals surface area contributed by atoms with Gasteiger partial charge in [0.2, 0.25) is 11.8 Å². The number of amides is 2. The SMILES string of the molecule is CCC1(CC)NC(=O)C(C)(CC)N(C2CCOC2)C1=O. The molecule has 2 amide bonds. The summed E-state index contributed by atoms with van der Waals surface area (Å²) < 4.78 is 5.44. The van der Waals surface area contributed by atoms with Gasteiger partial charge in [0.25, 0.3) is 0 Å². The normalized spacial score (nSPS) is 33.4. The molecule has 2 aliphatic heterocycles. The van der Waals surface area contributed by atoms with Crippen LogP contribution in [0, 0.1) is 0 Å². The lowest BCUT2D eigenvalue weighted by atomic mass is 9.80. The lowest BCUT2D eigenvalue weighted by Gasteiger charge is -2.52. The molecule has 0 aromatic heterocycles. The van der Waals surface area contributed by atoms with E-state index in [1.165, 1.54) is 0 Å². The number of rotatable bonds is 4. The number of piperazine rings is 1. The maximum Gasteiger partial charge on any atom is 0.249 e. The minimum Gasteiger partial charge on any atom is -0.379 e. The Kier molecular flexibility index (Phi) is 4.09. The van der Waals surface area contributed by atoms with Gasteiger partial charge < -0.3 is 15.0 Å². The first-order valence-electron chi connectivity index (χ1n) is 7.69. The number of carbonyl (C=O) groups is 2. The molecule has 0 aromatic rings. The summed E-state index contributed by atoms with van der Waals surface area (Å²) >= 11 is 0. The third-order valence-electron chi connectivity index (χ3n) is 5.17. The van der Waals surface area contributed by atoms with Crippen LogP contribution in [0.1, 0.15) is 53.4 Å². The van der Waals surface area contributed by atoms with Crippen LogP contribution < -0.4 is 5.32 Å². The second kappa shape index (κ2) is 5.35. The van der Waals surface area contributed by atoms with Gasteiger partial charge in [-0.3, -0.25) is 9.59 Å². The first-order chi connectivity index (χ1) is 9.45. The van der Waals surface area contributed by atoms with E-state index in [0.29, 0.717) is 32.5 Å². The summed E-state index contributed by atoms with van der Waals surface area (Å²) in [4.78, 5) is 27.5. The first kappa shape index (κ1) is 15.3. The van der Waals surface area contributed by atoms with Crippen LogP contribution in [0.5, 0.6) is 0 Å². The van der Waals surface area contributed by atoms with E-state index in [9.17, 15) is 9.59 Å². The minimum atomic E-state index is -0.761. The minimum absolute atomic E-state index is 0.0241. The van der Waals surface area contributed by atoms with Crippen LogP contribution >= 0.6 is 0 Å². The molecular weight excluding hydrogens is 256 g/mol. The van der Waals surface area contributed by atoms with E-state index in [1.807, 2.05) is 32.6 Å². The molecule has 2 unspecified atom stereocenters. The summed E-state index contributed by atoms with van der Waals surface area (Å²) in [5.74, 6) is 0.0251. The fourth-order valence-electron chi connectivity index (χ4n) is 3.32. The second-order valence-corrected chi connectivity index (χ2v) is 6.06. The summed E-state index contributed by atoms with van der Waals surface area (Å²) in [6.07, 6.45) is 2.68. The Morgan fingerprint density at radius 3 is 2.35 bits per heavy atom. The maximum absolute atomic E-state index is 13.1. The molecule has 0 spiro atoms. The van der Waals surface area contributed by atoms with E-state index in [2.05, 4.69) is 5.32 Å². The van der Waals surface area contributed by atoms with Crippen molar-refractivity contribution in [3.63, 3.8) is 0 Å². The highest BCUT2D eigenvalue weighted by Crippen LogP contribution is 2.35. The molecule has 0 saturated carbocycles. The van der Waals surface area contributed by atoms with Crippen LogP contribution in [0.4, 0.5) is 0 Å². The number of hydrogen-bond acceptors (Lipinski definition) is 3. The lowest BCUT2D eigenvalue weighted by Crippen LogP contribution is -2.76. The van der Waals surface area contributed by atoms with Crippen LogP contribution in [0.3, 0.4) is 0 Å².